The number of anilines is 1. The molecule has 2 N–H and O–H groups in total. The minimum absolute atomic E-state index is 0.00409. The van der Waals surface area contributed by atoms with Crippen LogP contribution in [0.5, 0.6) is 5.75 Å². The van der Waals surface area contributed by atoms with Crippen molar-refractivity contribution in [2.45, 2.75) is 52.6 Å². The quantitative estimate of drug-likeness (QED) is 0.671. The molecule has 160 valence electrons. The summed E-state index contributed by atoms with van der Waals surface area (Å²) in [6, 6.07) is 4.71. The molecule has 0 saturated carbocycles. The van der Waals surface area contributed by atoms with Crippen molar-refractivity contribution >= 4 is 34.2 Å². The highest BCUT2D eigenvalue weighted by Gasteiger charge is 2.28. The highest BCUT2D eigenvalue weighted by molar-refractivity contribution is 7.17. The minimum atomic E-state index is -0.795. The number of carbonyl (C=O) groups excluding carboxylic acids is 3. The Hall–Kier alpha value is -2.87. The van der Waals surface area contributed by atoms with Crippen LogP contribution in [0.1, 0.15) is 63.4 Å². The summed E-state index contributed by atoms with van der Waals surface area (Å²) < 4.78 is 10.4. The maximum absolute atomic E-state index is 12.6. The van der Waals surface area contributed by atoms with Gasteiger partial charge in [0.05, 0.1) is 11.7 Å². The number of phenols is 1. The number of esters is 2. The number of ether oxygens (including phenoxy) is 2. The molecule has 8 heteroatoms. The fourth-order valence-corrected chi connectivity index (χ4v) is 4.63. The first-order valence-corrected chi connectivity index (χ1v) is 10.7. The van der Waals surface area contributed by atoms with Crippen LogP contribution in [0.3, 0.4) is 0 Å². The average molecular weight is 432 g/mol. The first-order chi connectivity index (χ1) is 14.3. The summed E-state index contributed by atoms with van der Waals surface area (Å²) in [6.45, 7) is 4.67. The Morgan fingerprint density at radius 3 is 2.63 bits per heavy atom. The molecule has 1 amide bonds. The second-order valence-electron chi connectivity index (χ2n) is 7.46. The third kappa shape index (κ3) is 4.81. The third-order valence-electron chi connectivity index (χ3n) is 4.76. The Balaban J connectivity index is 1.72. The number of thiophene rings is 1. The molecular weight excluding hydrogens is 406 g/mol. The van der Waals surface area contributed by atoms with E-state index in [-0.39, 0.29) is 17.4 Å². The molecule has 30 heavy (non-hydrogen) atoms. The number of para-hydroxylation sites is 1. The largest absolute Gasteiger partial charge is 0.507 e. The molecular formula is C22H25NO6S. The van der Waals surface area contributed by atoms with E-state index in [0.717, 1.165) is 36.1 Å². The molecule has 1 aliphatic carbocycles. The van der Waals surface area contributed by atoms with Gasteiger partial charge >= 0.3 is 11.9 Å². The molecule has 0 unspecified atom stereocenters. The molecule has 1 heterocycles. The number of amides is 1. The number of hydrogen-bond donors (Lipinski definition) is 2. The molecule has 0 bridgehead atoms. The fourth-order valence-electron chi connectivity index (χ4n) is 3.34. The zero-order valence-corrected chi connectivity index (χ0v) is 18.1. The van der Waals surface area contributed by atoms with Crippen LogP contribution in [0, 0.1) is 6.92 Å². The molecule has 0 radical (unpaired) electrons. The number of hydrogen-bond acceptors (Lipinski definition) is 7. The van der Waals surface area contributed by atoms with Crippen molar-refractivity contribution in [3.8, 4) is 5.75 Å². The molecule has 1 aliphatic rings. The van der Waals surface area contributed by atoms with Crippen molar-refractivity contribution in [1.29, 1.82) is 0 Å². The zero-order valence-electron chi connectivity index (χ0n) is 17.2. The lowest BCUT2D eigenvalue weighted by atomic mass is 9.95. The lowest BCUT2D eigenvalue weighted by molar-refractivity contribution is -0.119. The van der Waals surface area contributed by atoms with Crippen LogP contribution in [-0.4, -0.2) is 35.7 Å². The van der Waals surface area contributed by atoms with Gasteiger partial charge in [0.2, 0.25) is 0 Å². The van der Waals surface area contributed by atoms with Gasteiger partial charge in [0.1, 0.15) is 16.3 Å². The van der Waals surface area contributed by atoms with Gasteiger partial charge in [-0.1, -0.05) is 12.1 Å². The van der Waals surface area contributed by atoms with Crippen molar-refractivity contribution in [1.82, 2.24) is 0 Å². The summed E-state index contributed by atoms with van der Waals surface area (Å²) in [5, 5.41) is 13.1. The fraction of sp³-hybridized carbons (Fsp3) is 0.409. The Morgan fingerprint density at radius 2 is 1.90 bits per heavy atom. The van der Waals surface area contributed by atoms with Gasteiger partial charge in [0, 0.05) is 4.88 Å². The molecule has 0 atom stereocenters. The van der Waals surface area contributed by atoms with E-state index in [0.29, 0.717) is 16.1 Å². The lowest BCUT2D eigenvalue weighted by Crippen LogP contribution is -2.22. The van der Waals surface area contributed by atoms with E-state index in [1.165, 1.54) is 17.4 Å². The number of aromatic hydroxyl groups is 1. The van der Waals surface area contributed by atoms with Gasteiger partial charge < -0.3 is 19.9 Å². The smallest absolute Gasteiger partial charge is 0.342 e. The highest BCUT2D eigenvalue weighted by atomic mass is 32.1. The van der Waals surface area contributed by atoms with Gasteiger partial charge in [0.15, 0.2) is 6.61 Å². The van der Waals surface area contributed by atoms with Crippen molar-refractivity contribution < 1.29 is 29.0 Å². The van der Waals surface area contributed by atoms with Gasteiger partial charge in [0.25, 0.3) is 5.91 Å². The van der Waals surface area contributed by atoms with E-state index < -0.39 is 24.5 Å². The predicted molar refractivity (Wildman–Crippen MR) is 113 cm³/mol. The molecule has 0 saturated heterocycles. The Bertz CT molecular complexity index is 978. The number of rotatable bonds is 6. The zero-order chi connectivity index (χ0) is 21.8. The van der Waals surface area contributed by atoms with Crippen LogP contribution in [-0.2, 0) is 27.1 Å². The summed E-state index contributed by atoms with van der Waals surface area (Å²) in [5.41, 5.74) is 1.87. The van der Waals surface area contributed by atoms with Gasteiger partial charge in [-0.05, 0) is 63.6 Å². The average Bonchev–Trinajstić information content (AvgIpc) is 3.05. The monoisotopic (exact) mass is 431 g/mol. The molecule has 0 spiro atoms. The van der Waals surface area contributed by atoms with E-state index in [1.807, 2.05) is 0 Å². The van der Waals surface area contributed by atoms with E-state index in [4.69, 9.17) is 9.47 Å². The minimum Gasteiger partial charge on any atom is -0.507 e. The molecule has 0 aliphatic heterocycles. The Morgan fingerprint density at radius 1 is 1.17 bits per heavy atom. The second-order valence-corrected chi connectivity index (χ2v) is 8.57. The first kappa shape index (κ1) is 21.8. The Kier molecular flexibility index (Phi) is 6.77. The summed E-state index contributed by atoms with van der Waals surface area (Å²) in [5.74, 6) is -1.99. The number of aryl methyl sites for hydroxylation is 2. The van der Waals surface area contributed by atoms with Crippen LogP contribution >= 0.6 is 11.3 Å². The molecule has 1 aromatic carbocycles. The highest BCUT2D eigenvalue weighted by Crippen LogP contribution is 2.38. The van der Waals surface area contributed by atoms with E-state index >= 15 is 0 Å². The molecule has 2 aromatic rings. The maximum Gasteiger partial charge on any atom is 0.342 e. The van der Waals surface area contributed by atoms with Crippen molar-refractivity contribution in [2.75, 3.05) is 11.9 Å². The number of phenolic OH excluding ortho intramolecular Hbond substituents is 1. The predicted octanol–water partition coefficient (Wildman–Crippen LogP) is 4.00. The number of nitrogens with one attached hydrogen (secondary N) is 1. The lowest BCUT2D eigenvalue weighted by Gasteiger charge is -2.14. The van der Waals surface area contributed by atoms with Crippen molar-refractivity contribution in [2.24, 2.45) is 0 Å². The van der Waals surface area contributed by atoms with Gasteiger partial charge in [-0.2, -0.15) is 0 Å². The van der Waals surface area contributed by atoms with Gasteiger partial charge in [-0.25, -0.2) is 9.59 Å². The number of benzene rings is 1. The SMILES string of the molecule is Cc1cccc(C(=O)OCC(=O)Nc2sc3c(c2C(=O)OC(C)C)CCCC3)c1O. The van der Waals surface area contributed by atoms with E-state index in [1.54, 1.807) is 32.9 Å². The van der Waals surface area contributed by atoms with Crippen LogP contribution in [0.4, 0.5) is 5.00 Å². The molecule has 7 nitrogen and oxygen atoms in total. The summed E-state index contributed by atoms with van der Waals surface area (Å²) >= 11 is 1.37. The van der Waals surface area contributed by atoms with Crippen LogP contribution in [0.25, 0.3) is 0 Å². The van der Waals surface area contributed by atoms with E-state index in [2.05, 4.69) is 5.32 Å². The second kappa shape index (κ2) is 9.30. The molecule has 3 rings (SSSR count). The first-order valence-electron chi connectivity index (χ1n) is 9.89. The molecule has 1 aromatic heterocycles. The van der Waals surface area contributed by atoms with Gasteiger partial charge in [-0.15, -0.1) is 11.3 Å². The summed E-state index contributed by atoms with van der Waals surface area (Å²) in [7, 11) is 0. The third-order valence-corrected chi connectivity index (χ3v) is 5.97. The maximum atomic E-state index is 12.6. The summed E-state index contributed by atoms with van der Waals surface area (Å²) in [4.78, 5) is 38.3. The van der Waals surface area contributed by atoms with Crippen LogP contribution in [0.2, 0.25) is 0 Å². The molecule has 0 fully saturated rings. The van der Waals surface area contributed by atoms with Crippen LogP contribution < -0.4 is 5.32 Å². The number of fused-ring (bicyclic) bond motifs is 1. The van der Waals surface area contributed by atoms with Crippen LogP contribution in [0.15, 0.2) is 18.2 Å². The van der Waals surface area contributed by atoms with Crippen molar-refractivity contribution in [3.63, 3.8) is 0 Å². The van der Waals surface area contributed by atoms with E-state index in [9.17, 15) is 19.5 Å². The van der Waals surface area contributed by atoms with Crippen molar-refractivity contribution in [3.05, 3.63) is 45.3 Å². The normalized spacial score (nSPS) is 12.9. The summed E-state index contributed by atoms with van der Waals surface area (Å²) in [6.07, 6.45) is 3.38. The topological polar surface area (TPSA) is 102 Å². The van der Waals surface area contributed by atoms with Gasteiger partial charge in [-0.3, -0.25) is 4.79 Å². The Labute approximate surface area is 179 Å². The standard InChI is InChI=1S/C22H25NO6S/c1-12(2)29-22(27)18-14-8-4-5-10-16(14)30-20(18)23-17(24)11-28-21(26)15-9-6-7-13(3)19(15)25/h6-7,9,12,25H,4-5,8,10-11H2,1-3H3,(H,23,24). The number of carbonyl (C=O) groups is 3.